The molecule has 5 nitrogen and oxygen atoms in total. The first kappa shape index (κ1) is 15.6. The van der Waals surface area contributed by atoms with Gasteiger partial charge < -0.3 is 5.11 Å². The first-order valence-corrected chi connectivity index (χ1v) is 6.45. The number of aryl methyl sites for hydroxylation is 1. The summed E-state index contributed by atoms with van der Waals surface area (Å²) < 4.78 is 0. The summed E-state index contributed by atoms with van der Waals surface area (Å²) in [5.74, 6) is -0.315. The Kier molecular flexibility index (Phi) is 5.92. The zero-order valence-electron chi connectivity index (χ0n) is 11.7. The van der Waals surface area contributed by atoms with Crippen molar-refractivity contribution in [1.29, 1.82) is 0 Å². The van der Waals surface area contributed by atoms with Gasteiger partial charge in [0.1, 0.15) is 0 Å². The lowest BCUT2D eigenvalue weighted by Gasteiger charge is -2.22. The molecule has 19 heavy (non-hydrogen) atoms. The van der Waals surface area contributed by atoms with Crippen LogP contribution in [0.15, 0.2) is 24.5 Å². The molecule has 0 fully saturated rings. The Morgan fingerprint density at radius 1 is 1.58 bits per heavy atom. The molecule has 1 rings (SSSR count). The molecule has 0 aliphatic carbocycles. The van der Waals surface area contributed by atoms with Gasteiger partial charge in [-0.25, -0.2) is 5.48 Å². The SMILES string of the molecule is CC(C)ONC(=O)CC(C)(O)CCc1cccnc1. The number of nitrogens with zero attached hydrogens (tertiary/aromatic N) is 1. The van der Waals surface area contributed by atoms with Crippen molar-refractivity contribution < 1.29 is 14.7 Å². The maximum atomic E-state index is 11.6. The van der Waals surface area contributed by atoms with E-state index in [0.29, 0.717) is 12.8 Å². The van der Waals surface area contributed by atoms with Gasteiger partial charge in [-0.3, -0.25) is 14.6 Å². The van der Waals surface area contributed by atoms with Crippen molar-refractivity contribution in [3.63, 3.8) is 0 Å². The second-order valence-corrected chi connectivity index (χ2v) is 5.23. The third-order valence-electron chi connectivity index (χ3n) is 2.62. The smallest absolute Gasteiger partial charge is 0.246 e. The van der Waals surface area contributed by atoms with Crippen LogP contribution in [0.3, 0.4) is 0 Å². The molecular weight excluding hydrogens is 244 g/mol. The summed E-state index contributed by atoms with van der Waals surface area (Å²) in [6.45, 7) is 5.29. The van der Waals surface area contributed by atoms with Crippen LogP contribution in [0.25, 0.3) is 0 Å². The van der Waals surface area contributed by atoms with Gasteiger partial charge in [0.15, 0.2) is 0 Å². The van der Waals surface area contributed by atoms with Gasteiger partial charge in [0.25, 0.3) is 0 Å². The van der Waals surface area contributed by atoms with Crippen molar-refractivity contribution in [2.24, 2.45) is 0 Å². The second kappa shape index (κ2) is 7.21. The highest BCUT2D eigenvalue weighted by atomic mass is 16.7. The fourth-order valence-electron chi connectivity index (χ4n) is 1.61. The molecule has 0 saturated heterocycles. The minimum atomic E-state index is -1.06. The van der Waals surface area contributed by atoms with Crippen molar-refractivity contribution in [1.82, 2.24) is 10.5 Å². The number of pyridine rings is 1. The number of amides is 1. The van der Waals surface area contributed by atoms with Crippen LogP contribution in [-0.2, 0) is 16.1 Å². The van der Waals surface area contributed by atoms with Crippen LogP contribution in [0.4, 0.5) is 0 Å². The van der Waals surface area contributed by atoms with Gasteiger partial charge >= 0.3 is 0 Å². The molecule has 0 aliphatic rings. The lowest BCUT2D eigenvalue weighted by Crippen LogP contribution is -2.36. The molecule has 106 valence electrons. The summed E-state index contributed by atoms with van der Waals surface area (Å²) in [6.07, 6.45) is 4.58. The molecule has 1 unspecified atom stereocenters. The Bertz CT molecular complexity index is 391. The number of rotatable bonds is 7. The first-order valence-electron chi connectivity index (χ1n) is 6.45. The number of carbonyl (C=O) groups excluding carboxylic acids is 1. The van der Waals surface area contributed by atoms with Gasteiger partial charge in [0, 0.05) is 12.4 Å². The molecule has 2 N–H and O–H groups in total. The van der Waals surface area contributed by atoms with Gasteiger partial charge in [0.05, 0.1) is 18.1 Å². The van der Waals surface area contributed by atoms with E-state index in [4.69, 9.17) is 4.84 Å². The van der Waals surface area contributed by atoms with Crippen molar-refractivity contribution in [2.45, 2.75) is 51.7 Å². The van der Waals surface area contributed by atoms with Crippen molar-refractivity contribution in [3.05, 3.63) is 30.1 Å². The molecule has 0 saturated carbocycles. The largest absolute Gasteiger partial charge is 0.390 e. The molecule has 1 aromatic rings. The Hall–Kier alpha value is -1.46. The van der Waals surface area contributed by atoms with Crippen LogP contribution in [0.5, 0.6) is 0 Å². The summed E-state index contributed by atoms with van der Waals surface area (Å²) in [4.78, 5) is 20.6. The number of aliphatic hydroxyl groups is 1. The quantitative estimate of drug-likeness (QED) is 0.736. The molecule has 0 aromatic carbocycles. The van der Waals surface area contributed by atoms with E-state index in [1.807, 2.05) is 26.0 Å². The standard InChI is InChI=1S/C14H22N2O3/c1-11(2)19-16-13(17)9-14(3,18)7-6-12-5-4-8-15-10-12/h4-5,8,10-11,18H,6-7,9H2,1-3H3,(H,16,17). The molecule has 1 amide bonds. The molecule has 0 bridgehead atoms. The van der Waals surface area contributed by atoms with E-state index in [0.717, 1.165) is 5.56 Å². The molecule has 0 radical (unpaired) electrons. The number of hydroxylamine groups is 1. The van der Waals surface area contributed by atoms with Crippen LogP contribution in [0.1, 0.15) is 39.2 Å². The summed E-state index contributed by atoms with van der Waals surface area (Å²) in [5.41, 5.74) is 2.31. The van der Waals surface area contributed by atoms with Gasteiger partial charge in [-0.15, -0.1) is 0 Å². The highest BCUT2D eigenvalue weighted by Crippen LogP contribution is 2.17. The van der Waals surface area contributed by atoms with Crippen LogP contribution in [0.2, 0.25) is 0 Å². The van der Waals surface area contributed by atoms with Crippen LogP contribution in [-0.4, -0.2) is 27.7 Å². The maximum Gasteiger partial charge on any atom is 0.246 e. The molecule has 1 heterocycles. The average Bonchev–Trinajstić information content (AvgIpc) is 2.35. The summed E-state index contributed by atoms with van der Waals surface area (Å²) in [7, 11) is 0. The number of nitrogens with one attached hydrogen (secondary N) is 1. The average molecular weight is 266 g/mol. The lowest BCUT2D eigenvalue weighted by atomic mass is 9.94. The van der Waals surface area contributed by atoms with Gasteiger partial charge in [-0.05, 0) is 45.2 Å². The molecule has 5 heteroatoms. The lowest BCUT2D eigenvalue weighted by molar-refractivity contribution is -0.141. The van der Waals surface area contributed by atoms with Crippen molar-refractivity contribution >= 4 is 5.91 Å². The van der Waals surface area contributed by atoms with E-state index in [1.54, 1.807) is 19.3 Å². The van der Waals surface area contributed by atoms with E-state index in [9.17, 15) is 9.90 Å². The van der Waals surface area contributed by atoms with Crippen molar-refractivity contribution in [2.75, 3.05) is 0 Å². The third-order valence-corrected chi connectivity index (χ3v) is 2.62. The first-order chi connectivity index (χ1) is 8.89. The highest BCUT2D eigenvalue weighted by molar-refractivity contribution is 5.75. The normalized spacial score (nSPS) is 14.2. The number of hydrogen-bond donors (Lipinski definition) is 2. The number of carbonyl (C=O) groups is 1. The minimum Gasteiger partial charge on any atom is -0.390 e. The maximum absolute atomic E-state index is 11.6. The third kappa shape index (κ3) is 6.88. The van der Waals surface area contributed by atoms with E-state index in [-0.39, 0.29) is 18.4 Å². The van der Waals surface area contributed by atoms with E-state index >= 15 is 0 Å². The minimum absolute atomic E-state index is 0.0139. The van der Waals surface area contributed by atoms with Crippen LogP contribution in [0, 0.1) is 0 Å². The fraction of sp³-hybridized carbons (Fsp3) is 0.571. The van der Waals surface area contributed by atoms with Gasteiger partial charge in [-0.1, -0.05) is 6.07 Å². The van der Waals surface area contributed by atoms with E-state index < -0.39 is 5.60 Å². The summed E-state index contributed by atoms with van der Waals surface area (Å²) >= 11 is 0. The Morgan fingerprint density at radius 2 is 2.32 bits per heavy atom. The fourth-order valence-corrected chi connectivity index (χ4v) is 1.61. The van der Waals surface area contributed by atoms with Crippen LogP contribution < -0.4 is 5.48 Å². The highest BCUT2D eigenvalue weighted by Gasteiger charge is 2.24. The van der Waals surface area contributed by atoms with Crippen molar-refractivity contribution in [3.8, 4) is 0 Å². The van der Waals surface area contributed by atoms with E-state index in [1.165, 1.54) is 0 Å². The molecule has 1 atom stereocenters. The zero-order chi connectivity index (χ0) is 14.3. The molecule has 1 aromatic heterocycles. The molecular formula is C14H22N2O3. The molecule has 0 aliphatic heterocycles. The second-order valence-electron chi connectivity index (χ2n) is 5.23. The Morgan fingerprint density at radius 3 is 2.89 bits per heavy atom. The zero-order valence-corrected chi connectivity index (χ0v) is 11.7. The summed E-state index contributed by atoms with van der Waals surface area (Å²) in [6, 6.07) is 3.80. The molecule has 0 spiro atoms. The topological polar surface area (TPSA) is 71.5 Å². The number of hydrogen-bond acceptors (Lipinski definition) is 4. The predicted octanol–water partition coefficient (Wildman–Crippen LogP) is 1.61. The predicted molar refractivity (Wildman–Crippen MR) is 72.2 cm³/mol. The van der Waals surface area contributed by atoms with Crippen LogP contribution >= 0.6 is 0 Å². The number of aromatic nitrogens is 1. The monoisotopic (exact) mass is 266 g/mol. The van der Waals surface area contributed by atoms with Gasteiger partial charge in [-0.2, -0.15) is 0 Å². The van der Waals surface area contributed by atoms with Gasteiger partial charge in [0.2, 0.25) is 5.91 Å². The van der Waals surface area contributed by atoms with E-state index in [2.05, 4.69) is 10.5 Å². The summed E-state index contributed by atoms with van der Waals surface area (Å²) in [5, 5.41) is 10.2. The Balaban J connectivity index is 2.36. The Labute approximate surface area is 114 Å².